The van der Waals surface area contributed by atoms with Crippen LogP contribution in [0, 0.1) is 17.5 Å². The second-order valence-electron chi connectivity index (χ2n) is 6.05. The van der Waals surface area contributed by atoms with Crippen molar-refractivity contribution in [3.05, 3.63) is 87.6 Å². The highest BCUT2D eigenvalue weighted by Gasteiger charge is 2.16. The molecule has 2 aromatic carbocycles. The first kappa shape index (κ1) is 20.8. The van der Waals surface area contributed by atoms with Crippen LogP contribution < -0.4 is 4.74 Å². The Kier molecular flexibility index (Phi) is 6.49. The number of hydrogen-bond acceptors (Lipinski definition) is 4. The van der Waals surface area contributed by atoms with Gasteiger partial charge in [-0.1, -0.05) is 11.6 Å². The molecule has 0 saturated heterocycles. The van der Waals surface area contributed by atoms with Crippen LogP contribution in [0.3, 0.4) is 0 Å². The molecule has 0 bridgehead atoms. The highest BCUT2D eigenvalue weighted by atomic mass is 35.5. The number of esters is 1. The Balaban J connectivity index is 1.79. The first-order chi connectivity index (χ1) is 13.9. The van der Waals surface area contributed by atoms with Gasteiger partial charge in [0, 0.05) is 29.1 Å². The Morgan fingerprint density at radius 3 is 2.48 bits per heavy atom. The summed E-state index contributed by atoms with van der Waals surface area (Å²) in [6, 6.07) is 8.99. The van der Waals surface area contributed by atoms with Gasteiger partial charge in [0.05, 0.1) is 12.2 Å². The van der Waals surface area contributed by atoms with E-state index in [1.54, 1.807) is 31.2 Å². The van der Waals surface area contributed by atoms with Gasteiger partial charge in [0.2, 0.25) is 5.76 Å². The first-order valence-corrected chi connectivity index (χ1v) is 9.05. The minimum Gasteiger partial charge on any atom is -0.488 e. The second-order valence-corrected chi connectivity index (χ2v) is 6.49. The first-order valence-electron chi connectivity index (χ1n) is 8.68. The molecule has 4 nitrogen and oxygen atoms in total. The second kappa shape index (κ2) is 9.05. The van der Waals surface area contributed by atoms with Gasteiger partial charge < -0.3 is 13.9 Å². The highest BCUT2D eigenvalue weighted by molar-refractivity contribution is 6.30. The lowest BCUT2D eigenvalue weighted by Crippen LogP contribution is -2.05. The summed E-state index contributed by atoms with van der Waals surface area (Å²) in [6.45, 7) is 1.46. The van der Waals surface area contributed by atoms with Crippen LogP contribution in [0.5, 0.6) is 5.75 Å². The maximum absolute atomic E-state index is 13.8. The fourth-order valence-corrected chi connectivity index (χ4v) is 2.85. The Hall–Kier alpha value is -2.93. The molecule has 0 aliphatic rings. The molecule has 0 unspecified atom stereocenters. The summed E-state index contributed by atoms with van der Waals surface area (Å²) in [7, 11) is 0. The lowest BCUT2D eigenvalue weighted by molar-refractivity contribution is 0.0488. The molecular weight excluding hydrogens is 409 g/mol. The molecule has 3 rings (SSSR count). The van der Waals surface area contributed by atoms with Crippen LogP contribution in [0.4, 0.5) is 13.2 Å². The molecule has 152 valence electrons. The quantitative estimate of drug-likeness (QED) is 0.457. The molecule has 0 aliphatic heterocycles. The fourth-order valence-electron chi connectivity index (χ4n) is 2.66. The molecule has 0 saturated carbocycles. The summed E-state index contributed by atoms with van der Waals surface area (Å²) >= 11 is 6.04. The molecule has 0 amide bonds. The van der Waals surface area contributed by atoms with E-state index in [9.17, 15) is 18.0 Å². The minimum atomic E-state index is -1.04. The van der Waals surface area contributed by atoms with E-state index in [4.69, 9.17) is 25.5 Å². The number of carbonyl (C=O) groups is 1. The van der Waals surface area contributed by atoms with Gasteiger partial charge in [-0.05, 0) is 37.3 Å². The van der Waals surface area contributed by atoms with Crippen molar-refractivity contribution in [1.82, 2.24) is 0 Å². The topological polar surface area (TPSA) is 48.7 Å². The van der Waals surface area contributed by atoms with Gasteiger partial charge in [0.15, 0.2) is 0 Å². The van der Waals surface area contributed by atoms with Crippen LogP contribution in [0.15, 0.2) is 46.9 Å². The number of ether oxygens (including phenoxy) is 2. The molecule has 3 aromatic rings. The molecule has 0 atom stereocenters. The maximum Gasteiger partial charge on any atom is 0.374 e. The third-order valence-corrected chi connectivity index (χ3v) is 4.24. The van der Waals surface area contributed by atoms with E-state index in [-0.39, 0.29) is 18.8 Å². The van der Waals surface area contributed by atoms with Crippen LogP contribution >= 0.6 is 11.6 Å². The standard InChI is InChI=1S/C21H16ClF3O4/c1-2-27-21(26)20-6-4-15(29-20)8-12-7-13(22)3-5-19(12)28-11-16-17(24)9-14(23)10-18(16)25/h3-7,9-10H,2,8,11H2,1H3. The van der Waals surface area contributed by atoms with Gasteiger partial charge in [0.25, 0.3) is 0 Å². The van der Waals surface area contributed by atoms with E-state index < -0.39 is 35.6 Å². The third kappa shape index (κ3) is 5.12. The van der Waals surface area contributed by atoms with Gasteiger partial charge in [-0.2, -0.15) is 0 Å². The summed E-state index contributed by atoms with van der Waals surface area (Å²) in [4.78, 5) is 11.7. The summed E-state index contributed by atoms with van der Waals surface area (Å²) in [5.41, 5.74) is 0.181. The zero-order valence-corrected chi connectivity index (χ0v) is 16.1. The average molecular weight is 425 g/mol. The lowest BCUT2D eigenvalue weighted by atomic mass is 10.1. The van der Waals surface area contributed by atoms with Gasteiger partial charge in [-0.3, -0.25) is 0 Å². The summed E-state index contributed by atoms with van der Waals surface area (Å²) in [5, 5.41) is 0.420. The van der Waals surface area contributed by atoms with Crippen LogP contribution in [0.25, 0.3) is 0 Å². The van der Waals surface area contributed by atoms with E-state index in [0.717, 1.165) is 0 Å². The van der Waals surface area contributed by atoms with Crippen LogP contribution in [0.1, 0.15) is 34.4 Å². The molecule has 0 spiro atoms. The van der Waals surface area contributed by atoms with E-state index in [1.807, 2.05) is 0 Å². The maximum atomic E-state index is 13.8. The predicted octanol–water partition coefficient (Wildman–Crippen LogP) is 5.70. The van der Waals surface area contributed by atoms with Crippen molar-refractivity contribution >= 4 is 17.6 Å². The normalized spacial score (nSPS) is 10.8. The Morgan fingerprint density at radius 2 is 1.79 bits per heavy atom. The molecule has 8 heteroatoms. The van der Waals surface area contributed by atoms with Gasteiger partial charge in [-0.25, -0.2) is 18.0 Å². The number of furan rings is 1. The lowest BCUT2D eigenvalue weighted by Gasteiger charge is -2.12. The van der Waals surface area contributed by atoms with Crippen LogP contribution in [0.2, 0.25) is 5.02 Å². The SMILES string of the molecule is CCOC(=O)c1ccc(Cc2cc(Cl)ccc2OCc2c(F)cc(F)cc2F)o1. The van der Waals surface area contributed by atoms with Crippen LogP contribution in [-0.4, -0.2) is 12.6 Å². The Morgan fingerprint density at radius 1 is 1.07 bits per heavy atom. The fraction of sp³-hybridized carbons (Fsp3) is 0.190. The molecule has 0 N–H and O–H groups in total. The summed E-state index contributed by atoms with van der Waals surface area (Å²) in [5.74, 6) is -2.85. The highest BCUT2D eigenvalue weighted by Crippen LogP contribution is 2.28. The summed E-state index contributed by atoms with van der Waals surface area (Å²) in [6.07, 6.45) is 0.212. The van der Waals surface area contributed by atoms with Crippen molar-refractivity contribution in [2.24, 2.45) is 0 Å². The third-order valence-electron chi connectivity index (χ3n) is 4.00. The zero-order valence-electron chi connectivity index (χ0n) is 15.3. The molecule has 1 heterocycles. The number of hydrogen-bond donors (Lipinski definition) is 0. The van der Waals surface area contributed by atoms with E-state index in [0.29, 0.717) is 34.2 Å². The van der Waals surface area contributed by atoms with E-state index in [1.165, 1.54) is 6.07 Å². The van der Waals surface area contributed by atoms with Gasteiger partial charge in [0.1, 0.15) is 35.6 Å². The molecule has 1 aromatic heterocycles. The van der Waals surface area contributed by atoms with Crippen LogP contribution in [-0.2, 0) is 17.8 Å². The predicted molar refractivity (Wildman–Crippen MR) is 99.6 cm³/mol. The molecule has 29 heavy (non-hydrogen) atoms. The Bertz CT molecular complexity index is 1010. The Labute approximate surface area is 169 Å². The van der Waals surface area contributed by atoms with Gasteiger partial charge >= 0.3 is 5.97 Å². The smallest absolute Gasteiger partial charge is 0.374 e. The molecule has 0 aliphatic carbocycles. The minimum absolute atomic E-state index is 0.0572. The monoisotopic (exact) mass is 424 g/mol. The average Bonchev–Trinajstić information content (AvgIpc) is 3.11. The molecule has 0 fully saturated rings. The zero-order chi connectivity index (χ0) is 21.0. The number of carbonyl (C=O) groups excluding carboxylic acids is 1. The van der Waals surface area contributed by atoms with E-state index in [2.05, 4.69) is 0 Å². The number of rotatable bonds is 7. The van der Waals surface area contributed by atoms with Crippen molar-refractivity contribution in [1.29, 1.82) is 0 Å². The summed E-state index contributed by atoms with van der Waals surface area (Å²) < 4.78 is 56.6. The van der Waals surface area contributed by atoms with Crippen molar-refractivity contribution < 1.29 is 31.9 Å². The van der Waals surface area contributed by atoms with Crippen molar-refractivity contribution in [3.63, 3.8) is 0 Å². The largest absolute Gasteiger partial charge is 0.488 e. The molecule has 0 radical (unpaired) electrons. The molecular formula is C21H16ClF3O4. The van der Waals surface area contributed by atoms with Crippen molar-refractivity contribution in [2.45, 2.75) is 20.0 Å². The number of benzene rings is 2. The number of halogens is 4. The van der Waals surface area contributed by atoms with Crippen molar-refractivity contribution in [3.8, 4) is 5.75 Å². The van der Waals surface area contributed by atoms with Crippen molar-refractivity contribution in [2.75, 3.05) is 6.61 Å². The van der Waals surface area contributed by atoms with Gasteiger partial charge in [-0.15, -0.1) is 0 Å². The van der Waals surface area contributed by atoms with E-state index >= 15 is 0 Å².